The van der Waals surface area contributed by atoms with Crippen molar-refractivity contribution >= 4 is 22.0 Å². The summed E-state index contributed by atoms with van der Waals surface area (Å²) in [4.78, 5) is 9.48. The average Bonchev–Trinajstić information content (AvgIpc) is 1.30. The maximum Gasteiger partial charge on any atom is 0.368 e. The Hall–Kier alpha value is -0.198. The fourth-order valence-electron chi connectivity index (χ4n) is 0.0874. The van der Waals surface area contributed by atoms with E-state index in [4.69, 9.17) is 0 Å². The Morgan fingerprint density at radius 2 is 2.00 bits per heavy atom. The molecule has 0 aromatic heterocycles. The van der Waals surface area contributed by atoms with Gasteiger partial charge in [-0.2, -0.15) is 0 Å². The van der Waals surface area contributed by atoms with E-state index in [1.165, 1.54) is 0 Å². The van der Waals surface area contributed by atoms with Crippen LogP contribution < -0.4 is 0 Å². The fraction of sp³-hybridized carbons (Fsp3) is 0. The largest absolute Gasteiger partial charge is 0.752 e. The zero-order valence-corrected chi connectivity index (χ0v) is 3.46. The second-order valence-corrected chi connectivity index (χ2v) is 1.25. The van der Waals surface area contributed by atoms with Gasteiger partial charge in [-0.25, -0.2) is 4.79 Å². The van der Waals surface area contributed by atoms with E-state index in [0.717, 1.165) is 0 Å². The van der Waals surface area contributed by atoms with E-state index >= 15 is 0 Å². The molecule has 0 atom stereocenters. The molecule has 1 saturated heterocycles. The molecular weight excluding hydrogens is 87.0 g/mol. The molecule has 0 saturated carbocycles. The van der Waals surface area contributed by atoms with Gasteiger partial charge in [0.2, 0.25) is 0 Å². The summed E-state index contributed by atoms with van der Waals surface area (Å²) in [6.45, 7) is 0. The van der Waals surface area contributed by atoms with E-state index in [0.29, 0.717) is 0 Å². The van der Waals surface area contributed by atoms with E-state index in [-0.39, 0.29) is 0 Å². The van der Waals surface area contributed by atoms with Crippen molar-refractivity contribution in [2.24, 2.45) is 0 Å². The molecule has 0 amide bonds. The van der Waals surface area contributed by atoms with Gasteiger partial charge in [0.15, 0.2) is 0 Å². The Bertz CT molecular complexity index is 53.9. The molecule has 3 nitrogen and oxygen atoms in total. The van der Waals surface area contributed by atoms with Crippen molar-refractivity contribution in [1.29, 1.82) is 0 Å². The smallest absolute Gasteiger partial charge is 0.368 e. The summed E-state index contributed by atoms with van der Waals surface area (Å²) in [6.07, 6.45) is -0.528. The fourth-order valence-corrected chi connectivity index (χ4v) is 0.262. The Morgan fingerprint density at radius 3 is 2.00 bits per heavy atom. The van der Waals surface area contributed by atoms with Gasteiger partial charge in [0.25, 0.3) is 0 Å². The van der Waals surface area contributed by atoms with Crippen molar-refractivity contribution in [3.05, 3.63) is 0 Å². The van der Waals surface area contributed by atoms with Crippen LogP contribution in [-0.2, 0) is 7.58 Å². The molecule has 1 heterocycles. The summed E-state index contributed by atoms with van der Waals surface area (Å²) >= 11 is -0.420. The van der Waals surface area contributed by atoms with Crippen molar-refractivity contribution in [1.82, 2.24) is 0 Å². The van der Waals surface area contributed by atoms with Crippen LogP contribution in [0.2, 0.25) is 0 Å². The molecule has 2 radical (unpaired) electrons. The molecule has 4 heteroatoms. The standard InChI is InChI=1S/CH2O3.Al/c2-1(3)4;/h(H2,2,3,4);/q;+1/p-2. The lowest BCUT2D eigenvalue weighted by atomic mass is 11.4. The summed E-state index contributed by atoms with van der Waals surface area (Å²) in [5, 5.41) is 0. The van der Waals surface area contributed by atoms with E-state index in [1.54, 1.807) is 0 Å². The third kappa shape index (κ3) is 0.367. The lowest BCUT2D eigenvalue weighted by Gasteiger charge is -2.32. The van der Waals surface area contributed by atoms with Crippen molar-refractivity contribution < 1.29 is 12.4 Å². The molecular formula is CAlO3-. The molecule has 26 valence electrons. The number of hydrogen-bond donors (Lipinski definition) is 0. The molecule has 1 aliphatic heterocycles. The SMILES string of the molecule is O=C1[O][Al-][O]1. The molecule has 1 fully saturated rings. The highest BCUT2D eigenvalue weighted by Crippen LogP contribution is 1.90. The van der Waals surface area contributed by atoms with Crippen LogP contribution in [0, 0.1) is 0 Å². The molecule has 5 heavy (non-hydrogen) atoms. The second-order valence-electron chi connectivity index (χ2n) is 0.582. The zero-order chi connectivity index (χ0) is 3.70. The van der Waals surface area contributed by atoms with Gasteiger partial charge in [-0.1, -0.05) is 0 Å². The van der Waals surface area contributed by atoms with E-state index in [2.05, 4.69) is 7.58 Å². The van der Waals surface area contributed by atoms with Crippen LogP contribution in [0.1, 0.15) is 0 Å². The summed E-state index contributed by atoms with van der Waals surface area (Å²) in [5.74, 6) is 0. The minimum Gasteiger partial charge on any atom is -0.752 e. The molecule has 0 aromatic carbocycles. The lowest BCUT2D eigenvalue weighted by Crippen LogP contribution is -2.25. The molecule has 0 N–H and O–H groups in total. The molecule has 0 unspecified atom stereocenters. The highest BCUT2D eigenvalue weighted by Gasteiger charge is 1.96. The van der Waals surface area contributed by atoms with Gasteiger partial charge >= 0.3 is 22.0 Å². The van der Waals surface area contributed by atoms with Crippen LogP contribution in [0.25, 0.3) is 0 Å². The van der Waals surface area contributed by atoms with Crippen LogP contribution in [0.4, 0.5) is 4.79 Å². The number of carbonyl (C=O) groups excluding carboxylic acids is 1. The minimum atomic E-state index is -0.528. The Kier molecular flexibility index (Phi) is 0.534. The number of carbonyl (C=O) groups is 1. The number of rotatable bonds is 0. The van der Waals surface area contributed by atoms with Gasteiger partial charge in [-0.3, -0.25) is 0 Å². The molecule has 0 aliphatic carbocycles. The second kappa shape index (κ2) is 0.887. The van der Waals surface area contributed by atoms with E-state index < -0.39 is 22.0 Å². The summed E-state index contributed by atoms with van der Waals surface area (Å²) < 4.78 is 8.31. The van der Waals surface area contributed by atoms with Crippen LogP contribution in [0.15, 0.2) is 0 Å². The third-order valence-corrected chi connectivity index (χ3v) is 0.866. The normalized spacial score (nSPS) is 18.8. The predicted molar refractivity (Wildman–Crippen MR) is 13.3 cm³/mol. The minimum absolute atomic E-state index is 0.420. The van der Waals surface area contributed by atoms with Crippen LogP contribution in [-0.4, -0.2) is 22.0 Å². The van der Waals surface area contributed by atoms with Crippen molar-refractivity contribution in [2.45, 2.75) is 0 Å². The first-order valence-corrected chi connectivity index (χ1v) is 2.03. The average molecular weight is 87.0 g/mol. The van der Waals surface area contributed by atoms with E-state index in [1.807, 2.05) is 0 Å². The monoisotopic (exact) mass is 87.0 g/mol. The first kappa shape index (κ1) is 3.01. The topological polar surface area (TPSA) is 35.5 Å². The van der Waals surface area contributed by atoms with Crippen molar-refractivity contribution in [3.8, 4) is 0 Å². The Balaban J connectivity index is 2.32. The van der Waals surface area contributed by atoms with Crippen LogP contribution in [0.3, 0.4) is 0 Å². The Labute approximate surface area is 35.3 Å². The van der Waals surface area contributed by atoms with Gasteiger partial charge in [0.1, 0.15) is 0 Å². The summed E-state index contributed by atoms with van der Waals surface area (Å²) in [7, 11) is 0. The van der Waals surface area contributed by atoms with Crippen molar-refractivity contribution in [3.63, 3.8) is 0 Å². The van der Waals surface area contributed by atoms with Gasteiger partial charge in [-0.15, -0.1) is 0 Å². The predicted octanol–water partition coefficient (Wildman–Crippen LogP) is -0.313. The first-order chi connectivity index (χ1) is 2.39. The van der Waals surface area contributed by atoms with Gasteiger partial charge in [-0.05, 0) is 0 Å². The van der Waals surface area contributed by atoms with Crippen LogP contribution in [0.5, 0.6) is 0 Å². The van der Waals surface area contributed by atoms with E-state index in [9.17, 15) is 4.79 Å². The maximum absolute atomic E-state index is 9.48. The Morgan fingerprint density at radius 1 is 1.60 bits per heavy atom. The third-order valence-electron chi connectivity index (χ3n) is 0.289. The summed E-state index contributed by atoms with van der Waals surface area (Å²) in [5.41, 5.74) is 0. The zero-order valence-electron chi connectivity index (χ0n) is 2.30. The lowest BCUT2D eigenvalue weighted by molar-refractivity contribution is 0.102. The molecule has 0 spiro atoms. The highest BCUT2D eigenvalue weighted by molar-refractivity contribution is 6.31. The maximum atomic E-state index is 9.48. The van der Waals surface area contributed by atoms with Gasteiger partial charge < -0.3 is 7.58 Å². The quantitative estimate of drug-likeness (QED) is 0.380. The molecule has 0 bridgehead atoms. The molecule has 0 aromatic rings. The first-order valence-electron chi connectivity index (χ1n) is 1.08. The number of hydrogen-bond acceptors (Lipinski definition) is 3. The van der Waals surface area contributed by atoms with Crippen molar-refractivity contribution in [2.75, 3.05) is 0 Å². The van der Waals surface area contributed by atoms with Gasteiger partial charge in [0, 0.05) is 0 Å². The summed E-state index contributed by atoms with van der Waals surface area (Å²) in [6, 6.07) is 0. The highest BCUT2D eigenvalue weighted by atomic mass is 27.2. The van der Waals surface area contributed by atoms with Gasteiger partial charge in [0.05, 0.1) is 0 Å². The van der Waals surface area contributed by atoms with Crippen LogP contribution >= 0.6 is 0 Å². The molecule has 1 aliphatic rings. The molecule has 1 rings (SSSR count).